The minimum Gasteiger partial charge on any atom is -0.297 e. The zero-order chi connectivity index (χ0) is 15.4. The predicted octanol–water partition coefficient (Wildman–Crippen LogP) is 3.26. The van der Waals surface area contributed by atoms with Crippen molar-refractivity contribution < 1.29 is 0 Å². The van der Waals surface area contributed by atoms with Crippen LogP contribution in [0.25, 0.3) is 11.1 Å². The molecule has 7 heteroatoms. The van der Waals surface area contributed by atoms with Crippen LogP contribution in [0.4, 0.5) is 0 Å². The molecule has 0 amide bonds. The van der Waals surface area contributed by atoms with E-state index in [2.05, 4.69) is 4.98 Å². The average molecular weight is 345 g/mol. The lowest BCUT2D eigenvalue weighted by Gasteiger charge is -2.09. The largest absolute Gasteiger partial charge is 0.329 e. The summed E-state index contributed by atoms with van der Waals surface area (Å²) < 4.78 is 1.19. The van der Waals surface area contributed by atoms with Crippen molar-refractivity contribution >= 4 is 35.0 Å². The topological polar surface area (TPSA) is 54.9 Å². The van der Waals surface area contributed by atoms with Gasteiger partial charge in [-0.2, -0.15) is 11.8 Å². The highest BCUT2D eigenvalue weighted by molar-refractivity contribution is 7.98. The van der Waals surface area contributed by atoms with E-state index < -0.39 is 5.69 Å². The highest BCUT2D eigenvalue weighted by Gasteiger charge is 2.14. The molecule has 1 aromatic carbocycles. The van der Waals surface area contributed by atoms with Gasteiger partial charge in [-0.3, -0.25) is 14.3 Å². The van der Waals surface area contributed by atoms with Crippen molar-refractivity contribution in [1.29, 1.82) is 0 Å². The summed E-state index contributed by atoms with van der Waals surface area (Å²) in [6, 6.07) is 6.76. The maximum Gasteiger partial charge on any atom is 0.329 e. The first kappa shape index (κ1) is 16.2. The van der Waals surface area contributed by atoms with Gasteiger partial charge in [0.2, 0.25) is 0 Å². The molecule has 0 spiro atoms. The van der Waals surface area contributed by atoms with E-state index in [0.717, 1.165) is 12.2 Å². The van der Waals surface area contributed by atoms with Crippen molar-refractivity contribution in [1.82, 2.24) is 9.55 Å². The highest BCUT2D eigenvalue weighted by atomic mass is 35.5. The van der Waals surface area contributed by atoms with Gasteiger partial charge in [0.25, 0.3) is 5.56 Å². The zero-order valence-corrected chi connectivity index (χ0v) is 13.7. The lowest BCUT2D eigenvalue weighted by atomic mass is 10.1. The summed E-state index contributed by atoms with van der Waals surface area (Å²) >= 11 is 13.5. The molecule has 2 rings (SSSR count). The Morgan fingerprint density at radius 1 is 1.19 bits per heavy atom. The third-order valence-electron chi connectivity index (χ3n) is 3.00. The van der Waals surface area contributed by atoms with E-state index in [1.807, 2.05) is 6.26 Å². The summed E-state index contributed by atoms with van der Waals surface area (Å²) in [7, 11) is 0. The first-order valence-electron chi connectivity index (χ1n) is 6.32. The van der Waals surface area contributed by atoms with Crippen LogP contribution in [0.1, 0.15) is 6.42 Å². The van der Waals surface area contributed by atoms with Gasteiger partial charge in [0.05, 0.1) is 5.56 Å². The van der Waals surface area contributed by atoms with Gasteiger partial charge in [-0.1, -0.05) is 35.3 Å². The van der Waals surface area contributed by atoms with Crippen molar-refractivity contribution in [3.05, 3.63) is 55.3 Å². The number of benzene rings is 1. The summed E-state index contributed by atoms with van der Waals surface area (Å²) in [6.07, 6.45) is 2.72. The molecule has 2 aromatic rings. The van der Waals surface area contributed by atoms with Crippen LogP contribution in [-0.4, -0.2) is 21.6 Å². The number of nitrogens with zero attached hydrogens (tertiary/aromatic N) is 1. The van der Waals surface area contributed by atoms with Gasteiger partial charge in [-0.05, 0) is 36.1 Å². The summed E-state index contributed by atoms with van der Waals surface area (Å²) in [5, 5.41) is 0.619. The second-order valence-electron chi connectivity index (χ2n) is 4.43. The van der Waals surface area contributed by atoms with Crippen molar-refractivity contribution in [2.75, 3.05) is 12.0 Å². The minimum absolute atomic E-state index is 0.0495. The molecule has 1 aromatic heterocycles. The fourth-order valence-corrected chi connectivity index (χ4v) is 2.80. The lowest BCUT2D eigenvalue weighted by Crippen LogP contribution is -2.36. The number of H-pyrrole nitrogens is 1. The Kier molecular flexibility index (Phi) is 5.56. The van der Waals surface area contributed by atoms with Crippen molar-refractivity contribution in [2.45, 2.75) is 13.0 Å². The van der Waals surface area contributed by atoms with Gasteiger partial charge in [0.1, 0.15) is 5.15 Å². The molecule has 0 fully saturated rings. The number of nitrogens with one attached hydrogen (secondary N) is 1. The number of aromatic nitrogens is 2. The molecule has 1 N–H and O–H groups in total. The molecule has 0 aliphatic heterocycles. The van der Waals surface area contributed by atoms with Crippen molar-refractivity contribution in [3.63, 3.8) is 0 Å². The van der Waals surface area contributed by atoms with Crippen LogP contribution in [0, 0.1) is 0 Å². The smallest absolute Gasteiger partial charge is 0.297 e. The summed E-state index contributed by atoms with van der Waals surface area (Å²) in [4.78, 5) is 26.9. The van der Waals surface area contributed by atoms with Crippen LogP contribution >= 0.6 is 35.0 Å². The van der Waals surface area contributed by atoms with E-state index in [-0.39, 0.29) is 16.3 Å². The van der Waals surface area contributed by atoms with Gasteiger partial charge in [-0.15, -0.1) is 0 Å². The van der Waals surface area contributed by atoms with Crippen LogP contribution in [-0.2, 0) is 6.54 Å². The Bertz CT molecular complexity index is 738. The van der Waals surface area contributed by atoms with E-state index in [1.54, 1.807) is 36.0 Å². The maximum absolute atomic E-state index is 12.5. The standard InChI is InChI=1S/C14H14Cl2N2O2S/c1-21-8-2-7-18-13(19)11(12(16)17-14(18)20)9-3-5-10(15)6-4-9/h3-6H,2,7-8H2,1H3,(H,17,20). The molecular weight excluding hydrogens is 331 g/mol. The number of hydrogen-bond acceptors (Lipinski definition) is 3. The second kappa shape index (κ2) is 7.20. The predicted molar refractivity (Wildman–Crippen MR) is 89.8 cm³/mol. The van der Waals surface area contributed by atoms with Crippen LogP contribution in [0.3, 0.4) is 0 Å². The molecule has 0 radical (unpaired) electrons. The Balaban J connectivity index is 2.51. The molecule has 0 saturated carbocycles. The van der Waals surface area contributed by atoms with E-state index >= 15 is 0 Å². The molecule has 0 bridgehead atoms. The highest BCUT2D eigenvalue weighted by Crippen LogP contribution is 2.23. The van der Waals surface area contributed by atoms with Gasteiger partial charge >= 0.3 is 5.69 Å². The zero-order valence-electron chi connectivity index (χ0n) is 11.4. The molecule has 1 heterocycles. The molecule has 21 heavy (non-hydrogen) atoms. The van der Waals surface area contributed by atoms with Crippen molar-refractivity contribution in [3.8, 4) is 11.1 Å². The van der Waals surface area contributed by atoms with E-state index in [4.69, 9.17) is 23.2 Å². The Labute approximate surface area is 136 Å². The Morgan fingerprint density at radius 2 is 1.86 bits per heavy atom. The molecule has 0 atom stereocenters. The minimum atomic E-state index is -0.483. The van der Waals surface area contributed by atoms with Gasteiger partial charge in [0.15, 0.2) is 0 Å². The molecular formula is C14H14Cl2N2O2S. The number of rotatable bonds is 5. The van der Waals surface area contributed by atoms with Gasteiger partial charge in [-0.25, -0.2) is 4.79 Å². The molecule has 0 aliphatic carbocycles. The van der Waals surface area contributed by atoms with Gasteiger partial charge < -0.3 is 0 Å². The van der Waals surface area contributed by atoms with Crippen LogP contribution in [0.5, 0.6) is 0 Å². The molecule has 0 unspecified atom stereocenters. The molecule has 4 nitrogen and oxygen atoms in total. The van der Waals surface area contributed by atoms with E-state index in [9.17, 15) is 9.59 Å². The number of hydrogen-bond donors (Lipinski definition) is 1. The third kappa shape index (κ3) is 3.73. The Hall–Kier alpha value is -1.17. The van der Waals surface area contributed by atoms with E-state index in [1.165, 1.54) is 4.57 Å². The number of aromatic amines is 1. The lowest BCUT2D eigenvalue weighted by molar-refractivity contribution is 0.620. The first-order chi connectivity index (χ1) is 10.0. The van der Waals surface area contributed by atoms with Crippen molar-refractivity contribution in [2.24, 2.45) is 0 Å². The quantitative estimate of drug-likeness (QED) is 0.668. The molecule has 0 aliphatic rings. The second-order valence-corrected chi connectivity index (χ2v) is 6.23. The van der Waals surface area contributed by atoms with Gasteiger partial charge in [0, 0.05) is 11.6 Å². The maximum atomic E-state index is 12.5. The number of thioether (sulfide) groups is 1. The average Bonchev–Trinajstić information content (AvgIpc) is 2.44. The monoisotopic (exact) mass is 344 g/mol. The summed E-state index contributed by atoms with van der Waals surface area (Å²) in [5.41, 5.74) is 0.0531. The normalized spacial score (nSPS) is 10.8. The Morgan fingerprint density at radius 3 is 2.48 bits per heavy atom. The van der Waals surface area contributed by atoms with Crippen LogP contribution < -0.4 is 11.2 Å². The summed E-state index contributed by atoms with van der Waals surface area (Å²) in [6.45, 7) is 0.368. The molecule has 112 valence electrons. The first-order valence-corrected chi connectivity index (χ1v) is 8.47. The fraction of sp³-hybridized carbons (Fsp3) is 0.286. The number of halogens is 2. The molecule has 0 saturated heterocycles. The summed E-state index contributed by atoms with van der Waals surface area (Å²) in [5.74, 6) is 0.880. The van der Waals surface area contributed by atoms with Crippen LogP contribution in [0.2, 0.25) is 10.2 Å². The van der Waals surface area contributed by atoms with Crippen LogP contribution in [0.15, 0.2) is 33.9 Å². The third-order valence-corrected chi connectivity index (χ3v) is 4.24. The fourth-order valence-electron chi connectivity index (χ4n) is 1.98. The van der Waals surface area contributed by atoms with E-state index in [0.29, 0.717) is 17.1 Å². The SMILES string of the molecule is CSCCCn1c(=O)[nH]c(Cl)c(-c2ccc(Cl)cc2)c1=O.